The van der Waals surface area contributed by atoms with Crippen molar-refractivity contribution in [2.45, 2.75) is 50.3 Å². The Hall–Kier alpha value is -1.36. The molecule has 1 heterocycles. The van der Waals surface area contributed by atoms with Crippen molar-refractivity contribution in [2.24, 2.45) is 0 Å². The minimum atomic E-state index is -0.840. The number of urea groups is 1. The van der Waals surface area contributed by atoms with Gasteiger partial charge >= 0.3 is 6.03 Å². The molecule has 0 saturated heterocycles. The lowest BCUT2D eigenvalue weighted by atomic mass is 9.95. The molecule has 4 nitrogen and oxygen atoms in total. The summed E-state index contributed by atoms with van der Waals surface area (Å²) in [4.78, 5) is 14.5. The van der Waals surface area contributed by atoms with E-state index in [-0.39, 0.29) is 17.3 Å². The number of hydrogen-bond acceptors (Lipinski definition) is 2. The van der Waals surface area contributed by atoms with Crippen molar-refractivity contribution < 1.29 is 9.00 Å². The largest absolute Gasteiger partial charge is 0.334 e. The van der Waals surface area contributed by atoms with E-state index in [9.17, 15) is 9.00 Å². The topological polar surface area (TPSA) is 49.4 Å². The summed E-state index contributed by atoms with van der Waals surface area (Å²) >= 11 is 0. The summed E-state index contributed by atoms with van der Waals surface area (Å²) in [6.45, 7) is 2.69. The van der Waals surface area contributed by atoms with Crippen LogP contribution in [0.4, 0.5) is 10.5 Å². The molecule has 0 unspecified atom stereocenters. The minimum Gasteiger partial charge on any atom is -0.334 e. The number of rotatable bonds is 3. The number of fused-ring (bicyclic) bond motifs is 1. The monoisotopic (exact) mass is 320 g/mol. The maximum absolute atomic E-state index is 12.6. The van der Waals surface area contributed by atoms with E-state index < -0.39 is 10.8 Å². The Balaban J connectivity index is 1.70. The second-order valence-corrected chi connectivity index (χ2v) is 8.02. The Morgan fingerprint density at radius 3 is 2.91 bits per heavy atom. The van der Waals surface area contributed by atoms with Crippen LogP contribution in [0.5, 0.6) is 0 Å². The van der Waals surface area contributed by atoms with Gasteiger partial charge < -0.3 is 5.32 Å². The lowest BCUT2D eigenvalue weighted by Crippen LogP contribution is -2.51. The lowest BCUT2D eigenvalue weighted by molar-refractivity contribution is 0.239. The normalized spacial score (nSPS) is 25.6. The summed E-state index contributed by atoms with van der Waals surface area (Å²) < 4.78 is 12.2. The van der Waals surface area contributed by atoms with Crippen LogP contribution in [-0.4, -0.2) is 33.8 Å². The van der Waals surface area contributed by atoms with Crippen LogP contribution >= 0.6 is 0 Å². The first kappa shape index (κ1) is 15.5. The molecule has 3 atom stereocenters. The van der Waals surface area contributed by atoms with Gasteiger partial charge in [-0.25, -0.2) is 4.79 Å². The van der Waals surface area contributed by atoms with Crippen LogP contribution < -0.4 is 10.2 Å². The van der Waals surface area contributed by atoms with E-state index in [2.05, 4.69) is 11.4 Å². The van der Waals surface area contributed by atoms with Crippen molar-refractivity contribution >= 4 is 22.5 Å². The molecule has 1 N–H and O–H groups in total. The molecule has 120 valence electrons. The van der Waals surface area contributed by atoms with E-state index in [1.54, 1.807) is 0 Å². The molecule has 2 amide bonds. The predicted octanol–water partition coefficient (Wildman–Crippen LogP) is 2.84. The van der Waals surface area contributed by atoms with Gasteiger partial charge in [0.15, 0.2) is 0 Å². The van der Waals surface area contributed by atoms with Crippen LogP contribution in [0.3, 0.4) is 0 Å². The van der Waals surface area contributed by atoms with Crippen LogP contribution in [-0.2, 0) is 17.2 Å². The van der Waals surface area contributed by atoms with Crippen molar-refractivity contribution in [3.05, 3.63) is 29.8 Å². The molecule has 1 aliphatic carbocycles. The van der Waals surface area contributed by atoms with Crippen LogP contribution in [0.25, 0.3) is 0 Å². The second kappa shape index (κ2) is 6.82. The lowest BCUT2D eigenvalue weighted by Gasteiger charge is -2.32. The van der Waals surface area contributed by atoms with E-state index in [0.29, 0.717) is 5.75 Å². The smallest absolute Gasteiger partial charge is 0.322 e. The molecule has 1 aliphatic heterocycles. The number of hydrogen-bond donors (Lipinski definition) is 1. The maximum atomic E-state index is 12.6. The van der Waals surface area contributed by atoms with Crippen LogP contribution in [0, 0.1) is 0 Å². The van der Waals surface area contributed by atoms with E-state index in [4.69, 9.17) is 0 Å². The van der Waals surface area contributed by atoms with Crippen LogP contribution in [0.2, 0.25) is 0 Å². The Morgan fingerprint density at radius 1 is 1.32 bits per heavy atom. The molecule has 3 rings (SSSR count). The fourth-order valence-corrected chi connectivity index (χ4v) is 5.00. The van der Waals surface area contributed by atoms with Gasteiger partial charge in [-0.3, -0.25) is 9.11 Å². The van der Waals surface area contributed by atoms with Gasteiger partial charge in [0.1, 0.15) is 0 Å². The zero-order chi connectivity index (χ0) is 15.5. The molecule has 0 bridgehead atoms. The highest BCUT2D eigenvalue weighted by atomic mass is 32.2. The van der Waals surface area contributed by atoms with E-state index in [1.165, 1.54) is 5.56 Å². The molecule has 5 heteroatoms. The second-order valence-electron chi connectivity index (χ2n) is 6.08. The third kappa shape index (κ3) is 3.05. The molecule has 1 aromatic rings. The van der Waals surface area contributed by atoms with Gasteiger partial charge in [-0.15, -0.1) is 0 Å². The first-order chi connectivity index (χ1) is 10.7. The van der Waals surface area contributed by atoms with Gasteiger partial charge in [-0.1, -0.05) is 38.0 Å². The molecule has 0 aromatic heterocycles. The molecular weight excluding hydrogens is 296 g/mol. The van der Waals surface area contributed by atoms with E-state index in [1.807, 2.05) is 30.0 Å². The number of amides is 2. The molecule has 2 aliphatic rings. The average molecular weight is 320 g/mol. The fraction of sp³-hybridized carbons (Fsp3) is 0.588. The van der Waals surface area contributed by atoms with Gasteiger partial charge in [0.05, 0.1) is 5.25 Å². The standard InChI is InChI=1S/C17H24N2O2S/c1-2-22(21)16-10-6-4-8-14(16)18-17(20)19-12-11-13-7-3-5-9-15(13)19/h3,5,7,9,14,16H,2,4,6,8,10-12H2,1H3,(H,18,20)/t14-,16+,22+/m0/s1. The number of nitrogens with one attached hydrogen (secondary N) is 1. The van der Waals surface area contributed by atoms with Crippen molar-refractivity contribution in [1.82, 2.24) is 5.32 Å². The third-order valence-electron chi connectivity index (χ3n) is 4.77. The van der Waals surface area contributed by atoms with Crippen molar-refractivity contribution in [1.29, 1.82) is 0 Å². The highest BCUT2D eigenvalue weighted by Crippen LogP contribution is 2.28. The molecule has 22 heavy (non-hydrogen) atoms. The number of carbonyl (C=O) groups is 1. The summed E-state index contributed by atoms with van der Waals surface area (Å²) in [6, 6.07) is 8.09. The zero-order valence-corrected chi connectivity index (χ0v) is 13.9. The molecular formula is C17H24N2O2S. The van der Waals surface area contributed by atoms with Gasteiger partial charge in [0, 0.05) is 34.8 Å². The molecule has 1 saturated carbocycles. The fourth-order valence-electron chi connectivity index (χ4n) is 3.58. The van der Waals surface area contributed by atoms with Gasteiger partial charge in [-0.2, -0.15) is 0 Å². The Morgan fingerprint density at radius 2 is 2.09 bits per heavy atom. The maximum Gasteiger partial charge on any atom is 0.322 e. The average Bonchev–Trinajstić information content (AvgIpc) is 2.99. The van der Waals surface area contributed by atoms with Gasteiger partial charge in [0.2, 0.25) is 0 Å². The number of benzene rings is 1. The molecule has 0 radical (unpaired) electrons. The highest BCUT2D eigenvalue weighted by molar-refractivity contribution is 7.85. The number of carbonyl (C=O) groups excluding carboxylic acids is 1. The summed E-state index contributed by atoms with van der Waals surface area (Å²) in [5.74, 6) is 0.670. The van der Waals surface area contributed by atoms with E-state index >= 15 is 0 Å². The first-order valence-electron chi connectivity index (χ1n) is 8.24. The van der Waals surface area contributed by atoms with Crippen molar-refractivity contribution in [3.8, 4) is 0 Å². The Kier molecular flexibility index (Phi) is 4.81. The summed E-state index contributed by atoms with van der Waals surface area (Å²) in [7, 11) is -0.840. The number of para-hydroxylation sites is 1. The molecule has 1 fully saturated rings. The van der Waals surface area contributed by atoms with Crippen molar-refractivity contribution in [2.75, 3.05) is 17.2 Å². The first-order valence-corrected chi connectivity index (χ1v) is 9.62. The third-order valence-corrected chi connectivity index (χ3v) is 6.57. The van der Waals surface area contributed by atoms with Gasteiger partial charge in [0.25, 0.3) is 0 Å². The highest BCUT2D eigenvalue weighted by Gasteiger charge is 2.32. The predicted molar refractivity (Wildman–Crippen MR) is 90.8 cm³/mol. The number of anilines is 1. The van der Waals surface area contributed by atoms with Crippen molar-refractivity contribution in [3.63, 3.8) is 0 Å². The van der Waals surface area contributed by atoms with Crippen LogP contribution in [0.15, 0.2) is 24.3 Å². The summed E-state index contributed by atoms with van der Waals surface area (Å²) in [6.07, 6.45) is 5.05. The molecule has 0 spiro atoms. The number of nitrogens with zero attached hydrogens (tertiary/aromatic N) is 1. The minimum absolute atomic E-state index is 0.0325. The van der Waals surface area contributed by atoms with Crippen LogP contribution in [0.1, 0.15) is 38.2 Å². The summed E-state index contributed by atoms with van der Waals surface area (Å²) in [5.41, 5.74) is 2.25. The summed E-state index contributed by atoms with van der Waals surface area (Å²) in [5, 5.41) is 3.27. The quantitative estimate of drug-likeness (QED) is 0.931. The molecule has 1 aromatic carbocycles. The Bertz CT molecular complexity index is 576. The SMILES string of the molecule is CC[S@@](=O)[C@@H]1CCCC[C@@H]1NC(=O)N1CCc2ccccc21. The van der Waals surface area contributed by atoms with E-state index in [0.717, 1.165) is 44.3 Å². The van der Waals surface area contributed by atoms with Gasteiger partial charge in [-0.05, 0) is 30.9 Å². The zero-order valence-electron chi connectivity index (χ0n) is 13.1. The Labute approximate surface area is 134 Å².